The molecule has 0 saturated heterocycles. The highest BCUT2D eigenvalue weighted by molar-refractivity contribution is 7.05. The quantitative estimate of drug-likeness (QED) is 0.634. The lowest BCUT2D eigenvalue weighted by Gasteiger charge is -2.10. The van der Waals surface area contributed by atoms with E-state index in [1.807, 2.05) is 19.6 Å². The van der Waals surface area contributed by atoms with E-state index in [0.29, 0.717) is 5.76 Å². The molecule has 0 saturated carbocycles. The molecule has 11 heavy (non-hydrogen) atoms. The van der Waals surface area contributed by atoms with Gasteiger partial charge in [-0.15, -0.1) is 0 Å². The maximum absolute atomic E-state index is 11.5. The van der Waals surface area contributed by atoms with Gasteiger partial charge in [0.1, 0.15) is 8.07 Å². The number of carbonyl (C=O) groups excluding carboxylic acids is 1. The molecule has 1 aromatic heterocycles. The molecule has 0 spiro atoms. The van der Waals surface area contributed by atoms with Crippen molar-refractivity contribution >= 4 is 13.5 Å². The van der Waals surface area contributed by atoms with Crippen LogP contribution in [0.1, 0.15) is 10.6 Å². The summed E-state index contributed by atoms with van der Waals surface area (Å²) >= 11 is 0. The third-order valence-corrected chi connectivity index (χ3v) is 3.03. The van der Waals surface area contributed by atoms with E-state index in [-0.39, 0.29) is 5.41 Å². The SMILES string of the molecule is C[Si](C)(C)C(=O)c1ccco1. The molecule has 1 aromatic rings. The molecular formula is C8H12O2Si. The fourth-order valence-electron chi connectivity index (χ4n) is 0.777. The Hall–Kier alpha value is -0.833. The van der Waals surface area contributed by atoms with Crippen LogP contribution >= 0.6 is 0 Å². The minimum atomic E-state index is -1.70. The second kappa shape index (κ2) is 2.66. The molecule has 0 amide bonds. The van der Waals surface area contributed by atoms with Crippen molar-refractivity contribution in [3.63, 3.8) is 0 Å². The average molecular weight is 168 g/mol. The Balaban J connectivity index is 2.88. The Morgan fingerprint density at radius 2 is 2.09 bits per heavy atom. The van der Waals surface area contributed by atoms with Gasteiger partial charge in [-0.3, -0.25) is 4.79 Å². The topological polar surface area (TPSA) is 30.2 Å². The van der Waals surface area contributed by atoms with Gasteiger partial charge in [0, 0.05) is 0 Å². The normalized spacial score (nSPS) is 11.5. The molecule has 0 aliphatic heterocycles. The van der Waals surface area contributed by atoms with E-state index in [4.69, 9.17) is 4.42 Å². The van der Waals surface area contributed by atoms with Gasteiger partial charge in [0.15, 0.2) is 11.2 Å². The van der Waals surface area contributed by atoms with E-state index in [1.54, 1.807) is 12.1 Å². The van der Waals surface area contributed by atoms with E-state index in [2.05, 4.69) is 0 Å². The molecule has 0 bridgehead atoms. The lowest BCUT2D eigenvalue weighted by atomic mass is 10.5. The first-order chi connectivity index (χ1) is 5.02. The van der Waals surface area contributed by atoms with Crippen molar-refractivity contribution in [1.82, 2.24) is 0 Å². The molecule has 0 atom stereocenters. The zero-order valence-electron chi connectivity index (χ0n) is 7.05. The smallest absolute Gasteiger partial charge is 0.173 e. The predicted molar refractivity (Wildman–Crippen MR) is 46.4 cm³/mol. The van der Waals surface area contributed by atoms with Gasteiger partial charge in [-0.05, 0) is 12.1 Å². The van der Waals surface area contributed by atoms with Crippen molar-refractivity contribution in [3.05, 3.63) is 24.2 Å². The molecule has 0 aromatic carbocycles. The highest BCUT2D eigenvalue weighted by Crippen LogP contribution is 2.11. The largest absolute Gasteiger partial charge is 0.462 e. The molecule has 2 nitrogen and oxygen atoms in total. The zero-order chi connectivity index (χ0) is 8.48. The number of furan rings is 1. The number of carbonyl (C=O) groups is 1. The van der Waals surface area contributed by atoms with E-state index < -0.39 is 8.07 Å². The first kappa shape index (κ1) is 8.27. The van der Waals surface area contributed by atoms with E-state index in [1.165, 1.54) is 6.26 Å². The van der Waals surface area contributed by atoms with Crippen molar-refractivity contribution < 1.29 is 9.21 Å². The van der Waals surface area contributed by atoms with Crippen molar-refractivity contribution in [3.8, 4) is 0 Å². The molecule has 0 unspecified atom stereocenters. The van der Waals surface area contributed by atoms with Gasteiger partial charge in [0.2, 0.25) is 0 Å². The lowest BCUT2D eigenvalue weighted by Crippen LogP contribution is -2.32. The van der Waals surface area contributed by atoms with Crippen LogP contribution in [0.4, 0.5) is 0 Å². The Bertz CT molecular complexity index is 244. The Morgan fingerprint density at radius 1 is 1.45 bits per heavy atom. The van der Waals surface area contributed by atoms with Gasteiger partial charge in [0.25, 0.3) is 0 Å². The minimum absolute atomic E-state index is 0.183. The first-order valence-electron chi connectivity index (χ1n) is 3.60. The molecule has 0 fully saturated rings. The summed E-state index contributed by atoms with van der Waals surface area (Å²) in [6, 6.07) is 3.47. The van der Waals surface area contributed by atoms with Gasteiger partial charge < -0.3 is 4.42 Å². The van der Waals surface area contributed by atoms with Crippen LogP contribution in [-0.2, 0) is 0 Å². The molecule has 0 N–H and O–H groups in total. The van der Waals surface area contributed by atoms with E-state index in [9.17, 15) is 4.79 Å². The van der Waals surface area contributed by atoms with Gasteiger partial charge in [-0.1, -0.05) is 19.6 Å². The molecule has 0 aliphatic rings. The summed E-state index contributed by atoms with van der Waals surface area (Å²) in [5, 5.41) is 0.183. The van der Waals surface area contributed by atoms with Crippen LogP contribution < -0.4 is 0 Å². The standard InChI is InChI=1S/C8H12O2Si/c1-11(2,3)8(9)7-5-4-6-10-7/h4-6H,1-3H3. The number of hydrogen-bond acceptors (Lipinski definition) is 2. The molecular weight excluding hydrogens is 156 g/mol. The minimum Gasteiger partial charge on any atom is -0.462 e. The zero-order valence-corrected chi connectivity index (χ0v) is 8.05. The van der Waals surface area contributed by atoms with Crippen molar-refractivity contribution in [1.29, 1.82) is 0 Å². The van der Waals surface area contributed by atoms with Crippen LogP contribution in [0.25, 0.3) is 0 Å². The van der Waals surface area contributed by atoms with Gasteiger partial charge in [-0.2, -0.15) is 0 Å². The molecule has 0 radical (unpaired) electrons. The van der Waals surface area contributed by atoms with Crippen molar-refractivity contribution in [2.24, 2.45) is 0 Å². The Kier molecular flexibility index (Phi) is 2.00. The van der Waals surface area contributed by atoms with E-state index in [0.717, 1.165) is 0 Å². The van der Waals surface area contributed by atoms with E-state index >= 15 is 0 Å². The molecule has 1 heterocycles. The van der Waals surface area contributed by atoms with Crippen molar-refractivity contribution in [2.75, 3.05) is 0 Å². The second-order valence-electron chi connectivity index (χ2n) is 3.56. The Morgan fingerprint density at radius 3 is 2.45 bits per heavy atom. The third kappa shape index (κ3) is 1.80. The van der Waals surface area contributed by atoms with Crippen LogP contribution in [-0.4, -0.2) is 13.5 Å². The predicted octanol–water partition coefficient (Wildman–Crippen LogP) is 2.34. The maximum atomic E-state index is 11.5. The molecule has 3 heteroatoms. The van der Waals surface area contributed by atoms with Gasteiger partial charge >= 0.3 is 0 Å². The van der Waals surface area contributed by atoms with Crippen LogP contribution in [0.5, 0.6) is 0 Å². The summed E-state index contributed by atoms with van der Waals surface area (Å²) in [7, 11) is -1.70. The summed E-state index contributed by atoms with van der Waals surface area (Å²) < 4.78 is 5.01. The van der Waals surface area contributed by atoms with Crippen LogP contribution in [0.3, 0.4) is 0 Å². The van der Waals surface area contributed by atoms with Crippen LogP contribution in [0.2, 0.25) is 19.6 Å². The number of rotatable bonds is 2. The second-order valence-corrected chi connectivity index (χ2v) is 8.51. The van der Waals surface area contributed by atoms with Crippen molar-refractivity contribution in [2.45, 2.75) is 19.6 Å². The monoisotopic (exact) mass is 168 g/mol. The van der Waals surface area contributed by atoms with Gasteiger partial charge in [0.05, 0.1) is 6.26 Å². The fourth-order valence-corrected chi connectivity index (χ4v) is 1.66. The summed E-state index contributed by atoms with van der Waals surface area (Å²) in [4.78, 5) is 11.5. The molecule has 60 valence electrons. The summed E-state index contributed by atoms with van der Waals surface area (Å²) in [5.74, 6) is 0.504. The summed E-state index contributed by atoms with van der Waals surface area (Å²) in [6.07, 6.45) is 1.54. The van der Waals surface area contributed by atoms with Crippen LogP contribution in [0, 0.1) is 0 Å². The first-order valence-corrected chi connectivity index (χ1v) is 7.10. The van der Waals surface area contributed by atoms with Gasteiger partial charge in [-0.25, -0.2) is 0 Å². The van der Waals surface area contributed by atoms with Crippen LogP contribution in [0.15, 0.2) is 22.8 Å². The number of hydrogen-bond donors (Lipinski definition) is 0. The summed E-state index contributed by atoms with van der Waals surface area (Å²) in [5.41, 5.74) is 0. The lowest BCUT2D eigenvalue weighted by molar-refractivity contribution is 0.104. The highest BCUT2D eigenvalue weighted by atomic mass is 28.3. The maximum Gasteiger partial charge on any atom is 0.173 e. The third-order valence-electron chi connectivity index (χ3n) is 1.43. The Labute approximate surface area is 67.2 Å². The summed E-state index contributed by atoms with van der Waals surface area (Å²) in [6.45, 7) is 6.04. The highest BCUT2D eigenvalue weighted by Gasteiger charge is 2.27. The fraction of sp³-hybridized carbons (Fsp3) is 0.375. The molecule has 1 rings (SSSR count). The molecule has 0 aliphatic carbocycles. The average Bonchev–Trinajstić information content (AvgIpc) is 2.34.